The molecule has 9 heteroatoms. The van der Waals surface area contributed by atoms with E-state index in [-0.39, 0.29) is 30.9 Å². The molecule has 0 saturated carbocycles. The van der Waals surface area contributed by atoms with Gasteiger partial charge in [0.25, 0.3) is 0 Å². The smallest absolute Gasteiger partial charge is 0.244 e. The van der Waals surface area contributed by atoms with Crippen molar-refractivity contribution in [2.75, 3.05) is 31.6 Å². The van der Waals surface area contributed by atoms with Gasteiger partial charge < -0.3 is 25.4 Å². The van der Waals surface area contributed by atoms with Crippen molar-refractivity contribution in [3.63, 3.8) is 0 Å². The Kier molecular flexibility index (Phi) is 7.66. The lowest BCUT2D eigenvalue weighted by Crippen LogP contribution is -2.54. The Labute approximate surface area is 211 Å². The number of rotatable bonds is 11. The molecule has 2 bridgehead atoms. The van der Waals surface area contributed by atoms with Crippen LogP contribution in [0, 0.1) is 11.8 Å². The second-order valence-electron chi connectivity index (χ2n) is 9.93. The fourth-order valence-corrected chi connectivity index (χ4v) is 8.54. The first-order valence-corrected chi connectivity index (χ1v) is 13.6. The van der Waals surface area contributed by atoms with E-state index in [4.69, 9.17) is 4.74 Å². The van der Waals surface area contributed by atoms with Crippen LogP contribution in [0.2, 0.25) is 0 Å². The third-order valence-corrected chi connectivity index (χ3v) is 9.65. The number of amides is 3. The predicted molar refractivity (Wildman–Crippen MR) is 136 cm³/mol. The van der Waals surface area contributed by atoms with Crippen LogP contribution in [0.25, 0.3) is 0 Å². The Morgan fingerprint density at radius 1 is 1.17 bits per heavy atom. The molecule has 3 saturated heterocycles. The van der Waals surface area contributed by atoms with Gasteiger partial charge in [-0.1, -0.05) is 19.8 Å². The minimum absolute atomic E-state index is 0.0919. The lowest BCUT2D eigenvalue weighted by Gasteiger charge is -2.34. The van der Waals surface area contributed by atoms with Crippen LogP contribution in [0.4, 0.5) is 5.69 Å². The number of hydrogen-bond acceptors (Lipinski definition) is 6. The summed E-state index contributed by atoms with van der Waals surface area (Å²) < 4.78 is 4.39. The number of carbonyl (C=O) groups is 3. The molecule has 0 aromatic heterocycles. The van der Waals surface area contributed by atoms with Crippen LogP contribution in [0.1, 0.15) is 52.9 Å². The Balaban J connectivity index is 1.58. The maximum absolute atomic E-state index is 13.7. The van der Waals surface area contributed by atoms with Gasteiger partial charge in [-0.25, -0.2) is 0 Å². The molecular formula is C26H37N3O5S. The number of ether oxygens (including phenoxy) is 1. The molecule has 1 aromatic carbocycles. The minimum atomic E-state index is -0.677. The highest BCUT2D eigenvalue weighted by Crippen LogP contribution is 2.71. The largest absolute Gasteiger partial charge is 0.494 e. The van der Waals surface area contributed by atoms with Gasteiger partial charge in [0.2, 0.25) is 17.7 Å². The van der Waals surface area contributed by atoms with Crippen LogP contribution < -0.4 is 15.4 Å². The van der Waals surface area contributed by atoms with Crippen molar-refractivity contribution in [1.29, 1.82) is 0 Å². The fourth-order valence-electron chi connectivity index (χ4n) is 6.18. The molecule has 2 unspecified atom stereocenters. The van der Waals surface area contributed by atoms with Crippen LogP contribution in [0.15, 0.2) is 24.3 Å². The first-order valence-electron chi connectivity index (χ1n) is 12.7. The lowest BCUT2D eigenvalue weighted by atomic mass is 9.66. The highest BCUT2D eigenvalue weighted by atomic mass is 32.2. The molecule has 1 aromatic rings. The SMILES string of the molecule is CCCCCNC(=O)C1N(CCO)C(=O)[C@@H]2[C@H](C(=O)Nc3ccc(OCC)cc3)[C@]3(C)CCC12S3. The zero-order chi connectivity index (χ0) is 25.2. The van der Waals surface area contributed by atoms with Gasteiger partial charge in [-0.15, -0.1) is 11.8 Å². The molecule has 3 N–H and O–H groups in total. The zero-order valence-electron chi connectivity index (χ0n) is 20.8. The van der Waals surface area contributed by atoms with E-state index in [9.17, 15) is 19.5 Å². The number of carbonyl (C=O) groups excluding carboxylic acids is 3. The van der Waals surface area contributed by atoms with Crippen molar-refractivity contribution in [2.24, 2.45) is 11.8 Å². The van der Waals surface area contributed by atoms with Gasteiger partial charge in [-0.3, -0.25) is 14.4 Å². The third-order valence-electron chi connectivity index (χ3n) is 7.66. The topological polar surface area (TPSA) is 108 Å². The molecule has 3 fully saturated rings. The van der Waals surface area contributed by atoms with Crippen molar-refractivity contribution in [1.82, 2.24) is 10.2 Å². The van der Waals surface area contributed by atoms with E-state index in [0.717, 1.165) is 31.4 Å². The number of nitrogens with zero attached hydrogens (tertiary/aromatic N) is 1. The van der Waals surface area contributed by atoms with Gasteiger partial charge in [-0.2, -0.15) is 0 Å². The van der Waals surface area contributed by atoms with E-state index in [0.29, 0.717) is 25.3 Å². The van der Waals surface area contributed by atoms with Crippen molar-refractivity contribution in [3.05, 3.63) is 24.3 Å². The Hall–Kier alpha value is -2.26. The second-order valence-corrected chi connectivity index (χ2v) is 11.8. The van der Waals surface area contributed by atoms with Gasteiger partial charge in [0, 0.05) is 23.5 Å². The first kappa shape index (κ1) is 25.8. The van der Waals surface area contributed by atoms with E-state index >= 15 is 0 Å². The first-order chi connectivity index (χ1) is 16.8. The molecular weight excluding hydrogens is 466 g/mol. The highest BCUT2D eigenvalue weighted by molar-refractivity contribution is 8.02. The number of likely N-dealkylation sites (tertiary alicyclic amines) is 1. The maximum atomic E-state index is 13.7. The van der Waals surface area contributed by atoms with Gasteiger partial charge in [0.15, 0.2) is 0 Å². The summed E-state index contributed by atoms with van der Waals surface area (Å²) in [7, 11) is 0. The molecule has 3 aliphatic heterocycles. The fraction of sp³-hybridized carbons (Fsp3) is 0.654. The summed E-state index contributed by atoms with van der Waals surface area (Å²) in [4.78, 5) is 42.2. The zero-order valence-corrected chi connectivity index (χ0v) is 21.7. The number of nitrogens with one attached hydrogen (secondary N) is 2. The standard InChI is InChI=1S/C26H37N3O5S/c1-4-6-7-14-27-23(32)21-26-13-12-25(3,35-26)19(20(26)24(33)29(21)15-16-30)22(31)28-17-8-10-18(11-9-17)34-5-2/h8-11,19-21,30H,4-7,12-16H2,1-3H3,(H,27,32)(H,28,31)/t19-,20+,21?,25+,26?/m1/s1. The number of β-amino-alcohol motifs (C(OH)–C–C–N with tert-alkyl or cyclic N) is 1. The quantitative estimate of drug-likeness (QED) is 0.401. The molecule has 0 aliphatic carbocycles. The second kappa shape index (κ2) is 10.4. The average molecular weight is 504 g/mol. The molecule has 3 amide bonds. The maximum Gasteiger partial charge on any atom is 0.244 e. The minimum Gasteiger partial charge on any atom is -0.494 e. The number of hydrogen-bond donors (Lipinski definition) is 3. The van der Waals surface area contributed by atoms with Gasteiger partial charge in [-0.05, 0) is 57.4 Å². The van der Waals surface area contributed by atoms with Crippen molar-refractivity contribution in [2.45, 2.75) is 68.4 Å². The molecule has 5 atom stereocenters. The van der Waals surface area contributed by atoms with E-state index in [2.05, 4.69) is 17.6 Å². The van der Waals surface area contributed by atoms with Gasteiger partial charge in [0.05, 0.1) is 29.8 Å². The molecule has 0 radical (unpaired) electrons. The number of anilines is 1. The molecule has 8 nitrogen and oxygen atoms in total. The summed E-state index contributed by atoms with van der Waals surface area (Å²) in [6.45, 7) is 7.07. The van der Waals surface area contributed by atoms with E-state index in [1.54, 1.807) is 36.0 Å². The number of aliphatic hydroxyl groups is 1. The van der Waals surface area contributed by atoms with Crippen LogP contribution >= 0.6 is 11.8 Å². The average Bonchev–Trinajstić information content (AvgIpc) is 3.39. The summed E-state index contributed by atoms with van der Waals surface area (Å²) in [6, 6.07) is 6.52. The van der Waals surface area contributed by atoms with E-state index in [1.807, 2.05) is 13.8 Å². The monoisotopic (exact) mass is 503 g/mol. The molecule has 1 spiro atoms. The summed E-state index contributed by atoms with van der Waals surface area (Å²) in [5, 5.41) is 15.7. The number of unbranched alkanes of at least 4 members (excludes halogenated alkanes) is 2. The third kappa shape index (κ3) is 4.53. The number of benzene rings is 1. The normalized spacial score (nSPS) is 30.9. The Bertz CT molecular complexity index is 957. The van der Waals surface area contributed by atoms with Crippen LogP contribution in [0.3, 0.4) is 0 Å². The van der Waals surface area contributed by atoms with Crippen LogP contribution in [-0.2, 0) is 14.4 Å². The molecule has 3 heterocycles. The number of aliphatic hydroxyl groups excluding tert-OH is 1. The Morgan fingerprint density at radius 3 is 2.57 bits per heavy atom. The summed E-state index contributed by atoms with van der Waals surface area (Å²) in [5.41, 5.74) is 0.645. The van der Waals surface area contributed by atoms with Gasteiger partial charge in [0.1, 0.15) is 11.8 Å². The lowest BCUT2D eigenvalue weighted by molar-refractivity contribution is -0.140. The molecule has 3 aliphatic rings. The molecule has 35 heavy (non-hydrogen) atoms. The van der Waals surface area contributed by atoms with Crippen LogP contribution in [-0.4, -0.2) is 69.6 Å². The van der Waals surface area contributed by atoms with Crippen molar-refractivity contribution >= 4 is 35.2 Å². The summed E-state index contributed by atoms with van der Waals surface area (Å²) in [5.74, 6) is -0.987. The number of fused-ring (bicyclic) bond motifs is 1. The van der Waals surface area contributed by atoms with E-state index < -0.39 is 27.4 Å². The highest BCUT2D eigenvalue weighted by Gasteiger charge is 2.77. The van der Waals surface area contributed by atoms with Gasteiger partial charge >= 0.3 is 0 Å². The Morgan fingerprint density at radius 2 is 1.91 bits per heavy atom. The summed E-state index contributed by atoms with van der Waals surface area (Å²) in [6.07, 6.45) is 4.43. The van der Waals surface area contributed by atoms with Crippen LogP contribution in [0.5, 0.6) is 5.75 Å². The predicted octanol–water partition coefficient (Wildman–Crippen LogP) is 2.80. The van der Waals surface area contributed by atoms with E-state index in [1.165, 1.54) is 4.90 Å². The molecule has 4 rings (SSSR count). The molecule has 192 valence electrons. The summed E-state index contributed by atoms with van der Waals surface area (Å²) >= 11 is 1.64. The van der Waals surface area contributed by atoms with Crippen molar-refractivity contribution in [3.8, 4) is 5.75 Å². The van der Waals surface area contributed by atoms with Crippen molar-refractivity contribution < 1.29 is 24.2 Å². The number of thioether (sulfide) groups is 1.